The SMILES string of the molecule is CN1C=CC=CC1[N+](=O)[O-]. The van der Waals surface area contributed by atoms with Gasteiger partial charge in [-0.1, -0.05) is 6.08 Å². The number of nitrogens with zero attached hydrogens (tertiary/aromatic N) is 2. The van der Waals surface area contributed by atoms with E-state index < -0.39 is 6.17 Å². The molecule has 0 radical (unpaired) electrons. The zero-order valence-corrected chi connectivity index (χ0v) is 5.60. The van der Waals surface area contributed by atoms with Gasteiger partial charge in [-0.15, -0.1) is 0 Å². The summed E-state index contributed by atoms with van der Waals surface area (Å²) >= 11 is 0. The number of nitro groups is 1. The highest BCUT2D eigenvalue weighted by Gasteiger charge is 2.20. The quantitative estimate of drug-likeness (QED) is 0.396. The highest BCUT2D eigenvalue weighted by Crippen LogP contribution is 2.04. The first-order chi connectivity index (χ1) is 4.72. The van der Waals surface area contributed by atoms with Crippen molar-refractivity contribution in [1.82, 2.24) is 4.90 Å². The second kappa shape index (κ2) is 2.51. The van der Waals surface area contributed by atoms with Crippen LogP contribution in [0.2, 0.25) is 0 Å². The Balaban J connectivity index is 2.70. The van der Waals surface area contributed by atoms with Gasteiger partial charge in [-0.3, -0.25) is 10.1 Å². The number of hydrogen-bond donors (Lipinski definition) is 0. The van der Waals surface area contributed by atoms with Gasteiger partial charge >= 0.3 is 6.17 Å². The molecule has 4 heteroatoms. The van der Waals surface area contributed by atoms with Crippen LogP contribution in [0.15, 0.2) is 24.4 Å². The lowest BCUT2D eigenvalue weighted by Gasteiger charge is -2.17. The Labute approximate surface area is 58.6 Å². The Hall–Kier alpha value is -1.32. The maximum atomic E-state index is 10.2. The van der Waals surface area contributed by atoms with Gasteiger partial charge in [-0.25, -0.2) is 0 Å². The predicted molar refractivity (Wildman–Crippen MR) is 36.8 cm³/mol. The van der Waals surface area contributed by atoms with Crippen molar-refractivity contribution in [1.29, 1.82) is 0 Å². The maximum Gasteiger partial charge on any atom is 0.305 e. The van der Waals surface area contributed by atoms with Gasteiger partial charge in [0.2, 0.25) is 0 Å². The molecule has 0 fully saturated rings. The van der Waals surface area contributed by atoms with Crippen LogP contribution in [-0.4, -0.2) is 23.0 Å². The van der Waals surface area contributed by atoms with E-state index in [0.29, 0.717) is 0 Å². The fraction of sp³-hybridized carbons (Fsp3) is 0.333. The predicted octanol–water partition coefficient (Wildman–Crippen LogP) is 0.604. The summed E-state index contributed by atoms with van der Waals surface area (Å²) in [7, 11) is 1.67. The standard InChI is InChI=1S/C6H8N2O2/c1-7-5-3-2-4-6(7)8(9)10/h2-6H,1H3. The van der Waals surface area contributed by atoms with Crippen molar-refractivity contribution in [2.24, 2.45) is 0 Å². The zero-order valence-electron chi connectivity index (χ0n) is 5.60. The van der Waals surface area contributed by atoms with Gasteiger partial charge < -0.3 is 4.90 Å². The van der Waals surface area contributed by atoms with Gasteiger partial charge in [0.25, 0.3) is 0 Å². The number of allylic oxidation sites excluding steroid dienone is 2. The van der Waals surface area contributed by atoms with E-state index in [4.69, 9.17) is 0 Å². The van der Waals surface area contributed by atoms with Gasteiger partial charge in [0, 0.05) is 24.2 Å². The third-order valence-corrected chi connectivity index (χ3v) is 1.35. The molecule has 0 saturated heterocycles. The summed E-state index contributed by atoms with van der Waals surface area (Å²) in [6.07, 6.45) is 5.96. The van der Waals surface area contributed by atoms with Gasteiger partial charge in [0.15, 0.2) is 0 Å². The molecule has 0 aromatic heterocycles. The van der Waals surface area contributed by atoms with E-state index in [1.54, 1.807) is 36.4 Å². The van der Waals surface area contributed by atoms with E-state index in [2.05, 4.69) is 0 Å². The third-order valence-electron chi connectivity index (χ3n) is 1.35. The van der Waals surface area contributed by atoms with Crippen LogP contribution in [0, 0.1) is 10.1 Å². The molecule has 1 atom stereocenters. The van der Waals surface area contributed by atoms with Crippen LogP contribution < -0.4 is 0 Å². The van der Waals surface area contributed by atoms with Crippen molar-refractivity contribution in [2.75, 3.05) is 7.05 Å². The van der Waals surface area contributed by atoms with Crippen molar-refractivity contribution >= 4 is 0 Å². The van der Waals surface area contributed by atoms with Gasteiger partial charge in [-0.2, -0.15) is 0 Å². The second-order valence-electron chi connectivity index (χ2n) is 2.09. The third kappa shape index (κ3) is 1.15. The molecule has 1 aliphatic rings. The van der Waals surface area contributed by atoms with Crippen LogP contribution >= 0.6 is 0 Å². The molecule has 0 amide bonds. The molecule has 0 bridgehead atoms. The molecule has 0 aromatic rings. The van der Waals surface area contributed by atoms with Crippen LogP contribution in [-0.2, 0) is 0 Å². The summed E-state index contributed by atoms with van der Waals surface area (Å²) in [6.45, 7) is 0. The van der Waals surface area contributed by atoms with E-state index in [9.17, 15) is 10.1 Å². The Morgan fingerprint density at radius 1 is 1.60 bits per heavy atom. The summed E-state index contributed by atoms with van der Waals surface area (Å²) in [5.41, 5.74) is 0. The molecule has 0 N–H and O–H groups in total. The number of likely N-dealkylation sites (N-methyl/N-ethyl adjacent to an activating group) is 1. The Morgan fingerprint density at radius 3 is 2.70 bits per heavy atom. The summed E-state index contributed by atoms with van der Waals surface area (Å²) in [6, 6.07) is 0. The molecular weight excluding hydrogens is 132 g/mol. The first kappa shape index (κ1) is 6.80. The fourth-order valence-corrected chi connectivity index (χ4v) is 0.792. The lowest BCUT2D eigenvalue weighted by atomic mass is 10.3. The van der Waals surface area contributed by atoms with E-state index in [0.717, 1.165) is 0 Å². The lowest BCUT2D eigenvalue weighted by molar-refractivity contribution is -0.531. The summed E-state index contributed by atoms with van der Waals surface area (Å²) in [4.78, 5) is 11.5. The minimum Gasteiger partial charge on any atom is -0.316 e. The van der Waals surface area contributed by atoms with Crippen molar-refractivity contribution in [3.05, 3.63) is 34.5 Å². The maximum absolute atomic E-state index is 10.2. The van der Waals surface area contributed by atoms with E-state index in [1.165, 1.54) is 0 Å². The lowest BCUT2D eigenvalue weighted by Crippen LogP contribution is -2.33. The monoisotopic (exact) mass is 140 g/mol. The molecule has 0 spiro atoms. The molecule has 10 heavy (non-hydrogen) atoms. The van der Waals surface area contributed by atoms with E-state index in [-0.39, 0.29) is 4.92 Å². The molecule has 0 saturated carbocycles. The molecule has 1 aliphatic heterocycles. The van der Waals surface area contributed by atoms with Gasteiger partial charge in [0.05, 0.1) is 0 Å². The van der Waals surface area contributed by atoms with Crippen LogP contribution in [0.25, 0.3) is 0 Å². The second-order valence-corrected chi connectivity index (χ2v) is 2.09. The van der Waals surface area contributed by atoms with Gasteiger partial charge in [-0.05, 0) is 6.08 Å². The zero-order chi connectivity index (χ0) is 7.56. The molecule has 0 aliphatic carbocycles. The summed E-state index contributed by atoms with van der Waals surface area (Å²) in [5.74, 6) is 0. The normalized spacial score (nSPS) is 23.3. The average Bonchev–Trinajstić information content (AvgIpc) is 1.88. The number of hydrogen-bond acceptors (Lipinski definition) is 3. The largest absolute Gasteiger partial charge is 0.316 e. The first-order valence-corrected chi connectivity index (χ1v) is 2.92. The minimum absolute atomic E-state index is 0.333. The smallest absolute Gasteiger partial charge is 0.305 e. The Morgan fingerprint density at radius 2 is 2.30 bits per heavy atom. The molecule has 54 valence electrons. The van der Waals surface area contributed by atoms with Gasteiger partial charge in [0.1, 0.15) is 0 Å². The Bertz CT molecular complexity index is 198. The summed E-state index contributed by atoms with van der Waals surface area (Å²) < 4.78 is 0. The minimum atomic E-state index is -0.690. The van der Waals surface area contributed by atoms with Crippen LogP contribution in [0.3, 0.4) is 0 Å². The highest BCUT2D eigenvalue weighted by molar-refractivity contribution is 5.09. The fourth-order valence-electron chi connectivity index (χ4n) is 0.792. The highest BCUT2D eigenvalue weighted by atomic mass is 16.6. The van der Waals surface area contributed by atoms with Crippen molar-refractivity contribution in [2.45, 2.75) is 6.17 Å². The topological polar surface area (TPSA) is 46.4 Å². The molecule has 1 rings (SSSR count). The van der Waals surface area contributed by atoms with Crippen molar-refractivity contribution < 1.29 is 4.92 Å². The summed E-state index contributed by atoms with van der Waals surface area (Å²) in [5, 5.41) is 10.2. The molecule has 1 unspecified atom stereocenters. The van der Waals surface area contributed by atoms with Crippen molar-refractivity contribution in [3.63, 3.8) is 0 Å². The molecule has 4 nitrogen and oxygen atoms in total. The van der Waals surface area contributed by atoms with Crippen LogP contribution in [0.1, 0.15) is 0 Å². The van der Waals surface area contributed by atoms with E-state index in [1.807, 2.05) is 0 Å². The van der Waals surface area contributed by atoms with E-state index >= 15 is 0 Å². The Kier molecular flexibility index (Phi) is 1.71. The van der Waals surface area contributed by atoms with Crippen molar-refractivity contribution in [3.8, 4) is 0 Å². The first-order valence-electron chi connectivity index (χ1n) is 2.92. The number of rotatable bonds is 1. The van der Waals surface area contributed by atoms with Crippen LogP contribution in [0.4, 0.5) is 0 Å². The molecular formula is C6H8N2O2. The molecule has 1 heterocycles. The van der Waals surface area contributed by atoms with Crippen LogP contribution in [0.5, 0.6) is 0 Å². The average molecular weight is 140 g/mol. The molecule has 0 aromatic carbocycles.